The molecule has 1 aliphatic heterocycles. The van der Waals surface area contributed by atoms with Crippen LogP contribution < -0.4 is 10.2 Å². The van der Waals surface area contributed by atoms with Gasteiger partial charge in [-0.1, -0.05) is 49.4 Å². The summed E-state index contributed by atoms with van der Waals surface area (Å²) >= 11 is 1.65. The van der Waals surface area contributed by atoms with Crippen molar-refractivity contribution in [2.75, 3.05) is 23.7 Å². The zero-order valence-corrected chi connectivity index (χ0v) is 17.2. The Morgan fingerprint density at radius 3 is 2.44 bits per heavy atom. The van der Waals surface area contributed by atoms with Gasteiger partial charge in [0.15, 0.2) is 0 Å². The monoisotopic (exact) mass is 382 g/mol. The van der Waals surface area contributed by atoms with E-state index in [2.05, 4.69) is 60.5 Å². The standard InChI is InChI=1S/C23H30N2OS/c1-18-12-14-25(15-13-18)22-10-8-21(9-11-22)19(2)24-23(26)17-27-16-20-6-4-3-5-7-20/h3-11,18-19H,12-17H2,1-2H3,(H,24,26). The molecule has 144 valence electrons. The molecule has 2 aromatic rings. The van der Waals surface area contributed by atoms with Gasteiger partial charge in [0.25, 0.3) is 0 Å². The van der Waals surface area contributed by atoms with Crippen LogP contribution in [0.4, 0.5) is 5.69 Å². The van der Waals surface area contributed by atoms with E-state index in [-0.39, 0.29) is 11.9 Å². The minimum absolute atomic E-state index is 0.0326. The number of piperidine rings is 1. The number of hydrogen-bond acceptors (Lipinski definition) is 3. The van der Waals surface area contributed by atoms with Crippen LogP contribution in [-0.4, -0.2) is 24.7 Å². The maximum Gasteiger partial charge on any atom is 0.230 e. The summed E-state index contributed by atoms with van der Waals surface area (Å²) in [6.07, 6.45) is 2.55. The van der Waals surface area contributed by atoms with Crippen LogP contribution in [0, 0.1) is 5.92 Å². The van der Waals surface area contributed by atoms with E-state index in [4.69, 9.17) is 0 Å². The minimum Gasteiger partial charge on any atom is -0.372 e. The molecule has 2 aromatic carbocycles. The summed E-state index contributed by atoms with van der Waals surface area (Å²) in [5, 5.41) is 3.11. The van der Waals surface area contributed by atoms with E-state index in [1.807, 2.05) is 18.2 Å². The zero-order chi connectivity index (χ0) is 19.1. The topological polar surface area (TPSA) is 32.3 Å². The Bertz CT molecular complexity index is 709. The fourth-order valence-corrected chi connectivity index (χ4v) is 4.24. The Balaban J connectivity index is 1.44. The van der Waals surface area contributed by atoms with Crippen molar-refractivity contribution in [3.05, 3.63) is 65.7 Å². The largest absolute Gasteiger partial charge is 0.372 e. The smallest absolute Gasteiger partial charge is 0.230 e. The number of hydrogen-bond donors (Lipinski definition) is 1. The van der Waals surface area contributed by atoms with Gasteiger partial charge in [0.1, 0.15) is 0 Å². The van der Waals surface area contributed by atoms with Crippen molar-refractivity contribution in [3.8, 4) is 0 Å². The van der Waals surface area contributed by atoms with E-state index in [9.17, 15) is 4.79 Å². The van der Waals surface area contributed by atoms with Crippen LogP contribution in [-0.2, 0) is 10.5 Å². The van der Waals surface area contributed by atoms with Gasteiger partial charge in [0, 0.05) is 24.5 Å². The maximum absolute atomic E-state index is 12.2. The first-order valence-electron chi connectivity index (χ1n) is 9.88. The highest BCUT2D eigenvalue weighted by Gasteiger charge is 2.16. The Kier molecular flexibility index (Phi) is 7.22. The number of anilines is 1. The minimum atomic E-state index is 0.0326. The summed E-state index contributed by atoms with van der Waals surface area (Å²) in [7, 11) is 0. The summed E-state index contributed by atoms with van der Waals surface area (Å²) in [6, 6.07) is 19.0. The van der Waals surface area contributed by atoms with Gasteiger partial charge in [-0.15, -0.1) is 11.8 Å². The van der Waals surface area contributed by atoms with Crippen molar-refractivity contribution in [1.82, 2.24) is 5.32 Å². The highest BCUT2D eigenvalue weighted by Crippen LogP contribution is 2.24. The predicted octanol–water partition coefficient (Wildman–Crippen LogP) is 5.03. The van der Waals surface area contributed by atoms with Gasteiger partial charge in [-0.05, 0) is 48.9 Å². The molecule has 0 radical (unpaired) electrons. The van der Waals surface area contributed by atoms with E-state index in [1.165, 1.54) is 24.1 Å². The Morgan fingerprint density at radius 1 is 1.11 bits per heavy atom. The molecule has 1 unspecified atom stereocenters. The molecule has 0 saturated carbocycles. The van der Waals surface area contributed by atoms with Gasteiger partial charge in [-0.3, -0.25) is 4.79 Å². The van der Waals surface area contributed by atoms with E-state index in [1.54, 1.807) is 11.8 Å². The van der Waals surface area contributed by atoms with E-state index < -0.39 is 0 Å². The Hall–Kier alpha value is -1.94. The summed E-state index contributed by atoms with van der Waals surface area (Å²) in [5.41, 5.74) is 3.71. The summed E-state index contributed by atoms with van der Waals surface area (Å²) in [4.78, 5) is 14.7. The molecule has 4 heteroatoms. The Morgan fingerprint density at radius 2 is 1.78 bits per heavy atom. The number of benzene rings is 2. The molecule has 1 atom stereocenters. The third-order valence-electron chi connectivity index (χ3n) is 5.26. The molecular formula is C23H30N2OS. The van der Waals surface area contributed by atoms with Crippen LogP contribution in [0.25, 0.3) is 0 Å². The molecule has 3 nitrogen and oxygen atoms in total. The lowest BCUT2D eigenvalue weighted by Gasteiger charge is -2.32. The number of carbonyl (C=O) groups is 1. The second kappa shape index (κ2) is 9.84. The fourth-order valence-electron chi connectivity index (χ4n) is 3.44. The highest BCUT2D eigenvalue weighted by atomic mass is 32.2. The third kappa shape index (κ3) is 6.03. The number of nitrogens with one attached hydrogen (secondary N) is 1. The lowest BCUT2D eigenvalue weighted by molar-refractivity contribution is -0.119. The van der Waals surface area contributed by atoms with Crippen molar-refractivity contribution in [2.24, 2.45) is 5.92 Å². The lowest BCUT2D eigenvalue weighted by Crippen LogP contribution is -2.32. The van der Waals surface area contributed by atoms with Crippen molar-refractivity contribution >= 4 is 23.4 Å². The van der Waals surface area contributed by atoms with Crippen LogP contribution in [0.2, 0.25) is 0 Å². The number of rotatable bonds is 7. The molecule has 3 rings (SSSR count). The number of amides is 1. The summed E-state index contributed by atoms with van der Waals surface area (Å²) in [6.45, 7) is 6.68. The molecule has 1 N–H and O–H groups in total. The van der Waals surface area contributed by atoms with Gasteiger partial charge >= 0.3 is 0 Å². The van der Waals surface area contributed by atoms with Gasteiger partial charge in [0.2, 0.25) is 5.91 Å². The molecule has 27 heavy (non-hydrogen) atoms. The average molecular weight is 383 g/mol. The summed E-state index contributed by atoms with van der Waals surface area (Å²) in [5.74, 6) is 2.29. The SMILES string of the molecule is CC1CCN(c2ccc(C(C)NC(=O)CSCc3ccccc3)cc2)CC1. The zero-order valence-electron chi connectivity index (χ0n) is 16.4. The molecule has 1 heterocycles. The molecule has 1 amide bonds. The molecule has 0 aliphatic carbocycles. The van der Waals surface area contributed by atoms with E-state index in [0.29, 0.717) is 5.75 Å². The van der Waals surface area contributed by atoms with E-state index in [0.717, 1.165) is 30.3 Å². The number of nitrogens with zero attached hydrogens (tertiary/aromatic N) is 1. The summed E-state index contributed by atoms with van der Waals surface area (Å²) < 4.78 is 0. The third-order valence-corrected chi connectivity index (χ3v) is 6.27. The first kappa shape index (κ1) is 19.8. The molecule has 1 fully saturated rings. The highest BCUT2D eigenvalue weighted by molar-refractivity contribution is 7.99. The molecule has 1 aliphatic rings. The van der Waals surface area contributed by atoms with Crippen LogP contribution in [0.1, 0.15) is 43.9 Å². The molecular weight excluding hydrogens is 352 g/mol. The quantitative estimate of drug-likeness (QED) is 0.729. The molecule has 0 bridgehead atoms. The van der Waals surface area contributed by atoms with Crippen molar-refractivity contribution in [3.63, 3.8) is 0 Å². The predicted molar refractivity (Wildman–Crippen MR) is 116 cm³/mol. The molecule has 1 saturated heterocycles. The van der Waals surface area contributed by atoms with Crippen molar-refractivity contribution in [2.45, 2.75) is 38.5 Å². The van der Waals surface area contributed by atoms with Crippen molar-refractivity contribution in [1.29, 1.82) is 0 Å². The van der Waals surface area contributed by atoms with Crippen LogP contribution in [0.3, 0.4) is 0 Å². The Labute approximate surface area is 167 Å². The average Bonchev–Trinajstić information content (AvgIpc) is 2.69. The van der Waals surface area contributed by atoms with E-state index >= 15 is 0 Å². The normalized spacial score (nSPS) is 16.1. The molecule has 0 aromatic heterocycles. The second-order valence-electron chi connectivity index (χ2n) is 7.53. The fraction of sp³-hybridized carbons (Fsp3) is 0.435. The number of thioether (sulfide) groups is 1. The first-order chi connectivity index (χ1) is 13.1. The van der Waals surface area contributed by atoms with Gasteiger partial charge < -0.3 is 10.2 Å². The van der Waals surface area contributed by atoms with Crippen LogP contribution in [0.5, 0.6) is 0 Å². The lowest BCUT2D eigenvalue weighted by atomic mass is 9.98. The van der Waals surface area contributed by atoms with Crippen LogP contribution >= 0.6 is 11.8 Å². The van der Waals surface area contributed by atoms with Crippen molar-refractivity contribution < 1.29 is 4.79 Å². The van der Waals surface area contributed by atoms with Gasteiger partial charge in [0.05, 0.1) is 11.8 Å². The second-order valence-corrected chi connectivity index (χ2v) is 8.51. The van der Waals surface area contributed by atoms with Crippen LogP contribution in [0.15, 0.2) is 54.6 Å². The number of carbonyl (C=O) groups excluding carboxylic acids is 1. The van der Waals surface area contributed by atoms with Gasteiger partial charge in [-0.2, -0.15) is 0 Å². The maximum atomic E-state index is 12.2. The van der Waals surface area contributed by atoms with Gasteiger partial charge in [-0.25, -0.2) is 0 Å². The molecule has 0 spiro atoms. The first-order valence-corrected chi connectivity index (χ1v) is 11.0.